The number of aromatic nitrogens is 4. The van der Waals surface area contributed by atoms with Gasteiger partial charge in [0.15, 0.2) is 0 Å². The molecule has 0 bridgehead atoms. The van der Waals surface area contributed by atoms with Gasteiger partial charge in [-0.2, -0.15) is 0 Å². The van der Waals surface area contributed by atoms with Gasteiger partial charge in [-0.15, -0.1) is 0 Å². The number of benzene rings is 4. The predicted octanol–water partition coefficient (Wildman–Crippen LogP) is 9.06. The highest BCUT2D eigenvalue weighted by atomic mass is 16.5. The summed E-state index contributed by atoms with van der Waals surface area (Å²) in [5.74, 6) is 4.06. The van der Waals surface area contributed by atoms with Crippen molar-refractivity contribution >= 4 is 33.7 Å². The second kappa shape index (κ2) is 12.9. The molecule has 4 aromatic carbocycles. The third-order valence-corrected chi connectivity index (χ3v) is 9.40. The summed E-state index contributed by atoms with van der Waals surface area (Å²) in [6.07, 6.45) is 0. The molecule has 252 valence electrons. The zero-order valence-corrected chi connectivity index (χ0v) is 30.1. The van der Waals surface area contributed by atoms with Crippen LogP contribution in [0, 0.1) is 52.4 Å². The lowest BCUT2D eigenvalue weighted by molar-refractivity contribution is 0.470. The van der Waals surface area contributed by atoms with Crippen LogP contribution in [0.4, 0.5) is 0 Å². The molecule has 0 fully saturated rings. The Bertz CT molecular complexity index is 2240. The van der Waals surface area contributed by atoms with E-state index in [1.54, 1.807) is 0 Å². The van der Waals surface area contributed by atoms with Gasteiger partial charge in [0.05, 0.1) is 22.1 Å². The third-order valence-electron chi connectivity index (χ3n) is 9.40. The maximum Gasteiger partial charge on any atom is 0.139 e. The minimum absolute atomic E-state index is 0.184. The molecule has 9 heteroatoms. The summed E-state index contributed by atoms with van der Waals surface area (Å²) < 4.78 is 6.74. The van der Waals surface area contributed by atoms with Gasteiger partial charge in [0, 0.05) is 34.3 Å². The Morgan fingerprint density at radius 1 is 0.612 bits per heavy atom. The molecule has 6 aromatic rings. The number of nitrogens with zero attached hydrogens (tertiary/aromatic N) is 2. The lowest BCUT2D eigenvalue weighted by Crippen LogP contribution is -2.30. The van der Waals surface area contributed by atoms with E-state index in [2.05, 4.69) is 68.2 Å². The Labute approximate surface area is 288 Å². The molecular formula is C40H46N8O. The Balaban J connectivity index is 1.31. The van der Waals surface area contributed by atoms with Crippen LogP contribution in [-0.4, -0.2) is 43.7 Å². The molecule has 9 nitrogen and oxygen atoms in total. The minimum atomic E-state index is 0.184. The number of amidine groups is 2. The van der Waals surface area contributed by atoms with Gasteiger partial charge in [-0.05, 0) is 151 Å². The highest BCUT2D eigenvalue weighted by Gasteiger charge is 2.22. The number of H-pyrrole nitrogens is 2. The molecule has 0 spiro atoms. The maximum absolute atomic E-state index is 8.42. The summed E-state index contributed by atoms with van der Waals surface area (Å²) >= 11 is 0. The molecule has 0 saturated heterocycles. The quantitative estimate of drug-likeness (QED) is 0.0718. The van der Waals surface area contributed by atoms with Gasteiger partial charge >= 0.3 is 0 Å². The van der Waals surface area contributed by atoms with Gasteiger partial charge in [0.1, 0.15) is 34.8 Å². The molecule has 0 amide bonds. The zero-order valence-electron chi connectivity index (χ0n) is 30.1. The van der Waals surface area contributed by atoms with E-state index in [1.807, 2.05) is 70.2 Å². The Hall–Kier alpha value is -5.44. The highest BCUT2D eigenvalue weighted by Crippen LogP contribution is 2.41. The number of rotatable bonds is 8. The summed E-state index contributed by atoms with van der Waals surface area (Å²) in [7, 11) is 0. The van der Waals surface area contributed by atoms with E-state index in [1.165, 1.54) is 0 Å². The van der Waals surface area contributed by atoms with Gasteiger partial charge in [-0.1, -0.05) is 0 Å². The van der Waals surface area contributed by atoms with Crippen molar-refractivity contribution < 1.29 is 4.74 Å². The number of fused-ring (bicyclic) bond motifs is 2. The van der Waals surface area contributed by atoms with Crippen LogP contribution in [-0.2, 0) is 0 Å². The second-order valence-corrected chi connectivity index (χ2v) is 13.7. The van der Waals surface area contributed by atoms with Gasteiger partial charge < -0.3 is 25.3 Å². The van der Waals surface area contributed by atoms with Crippen molar-refractivity contribution in [2.24, 2.45) is 0 Å². The Morgan fingerprint density at radius 3 is 1.61 bits per heavy atom. The lowest BCUT2D eigenvalue weighted by Gasteiger charge is -2.21. The number of nitrogens with one attached hydrogen (secondary N) is 6. The number of ether oxygens (including phenoxy) is 1. The van der Waals surface area contributed by atoms with Crippen LogP contribution >= 0.6 is 0 Å². The summed E-state index contributed by atoms with van der Waals surface area (Å²) in [4.78, 5) is 16.8. The molecule has 0 radical (unpaired) electrons. The normalized spacial score (nSPS) is 11.6. The van der Waals surface area contributed by atoms with Crippen LogP contribution in [0.2, 0.25) is 0 Å². The molecule has 0 unspecified atom stereocenters. The molecule has 0 saturated carbocycles. The van der Waals surface area contributed by atoms with Gasteiger partial charge in [-0.3, -0.25) is 10.8 Å². The number of imidazole rings is 2. The number of hydrogen-bond acceptors (Lipinski definition) is 5. The van der Waals surface area contributed by atoms with Crippen molar-refractivity contribution in [2.45, 2.75) is 81.3 Å². The van der Waals surface area contributed by atoms with Crippen molar-refractivity contribution in [2.75, 3.05) is 0 Å². The summed E-state index contributed by atoms with van der Waals surface area (Å²) in [6, 6.07) is 16.2. The van der Waals surface area contributed by atoms with Crippen LogP contribution in [0.15, 0.2) is 48.5 Å². The molecule has 2 aromatic heterocycles. The Morgan fingerprint density at radius 2 is 1.10 bits per heavy atom. The van der Waals surface area contributed by atoms with Crippen molar-refractivity contribution in [3.63, 3.8) is 0 Å². The monoisotopic (exact) mass is 654 g/mol. The molecule has 6 N–H and O–H groups in total. The Kier molecular flexibility index (Phi) is 8.79. The average Bonchev–Trinajstić information content (AvgIpc) is 3.67. The first-order chi connectivity index (χ1) is 23.2. The van der Waals surface area contributed by atoms with Gasteiger partial charge in [0.25, 0.3) is 0 Å². The predicted molar refractivity (Wildman–Crippen MR) is 202 cm³/mol. The SMILES string of the molecule is Cc1c(Oc2c(C)c(C)c(-c3nc4ccc(C(=N)NC(C)C)cc4[nH]3)c(C)c2C)ccc(-c2nc3ccc(C(=N)NC(C)C)cc3[nH]2)c1C. The number of hydrogen-bond donors (Lipinski definition) is 6. The van der Waals surface area contributed by atoms with E-state index < -0.39 is 0 Å². The van der Waals surface area contributed by atoms with E-state index in [-0.39, 0.29) is 12.1 Å². The fourth-order valence-corrected chi connectivity index (χ4v) is 6.38. The van der Waals surface area contributed by atoms with Crippen LogP contribution in [0.3, 0.4) is 0 Å². The van der Waals surface area contributed by atoms with Crippen molar-refractivity contribution in [3.8, 4) is 34.3 Å². The van der Waals surface area contributed by atoms with Gasteiger partial charge in [0.2, 0.25) is 0 Å². The average molecular weight is 655 g/mol. The van der Waals surface area contributed by atoms with Crippen LogP contribution in [0.25, 0.3) is 44.8 Å². The fraction of sp³-hybridized carbons (Fsp3) is 0.300. The van der Waals surface area contributed by atoms with E-state index >= 15 is 0 Å². The third kappa shape index (κ3) is 6.28. The van der Waals surface area contributed by atoms with E-state index in [0.717, 1.165) is 101 Å². The fourth-order valence-electron chi connectivity index (χ4n) is 6.38. The first-order valence-electron chi connectivity index (χ1n) is 16.8. The first-order valence-corrected chi connectivity index (χ1v) is 16.8. The number of aromatic amines is 2. The molecule has 0 aliphatic rings. The highest BCUT2D eigenvalue weighted by molar-refractivity contribution is 6.00. The molecule has 6 rings (SSSR count). The van der Waals surface area contributed by atoms with Crippen molar-refractivity contribution in [3.05, 3.63) is 93.0 Å². The first kappa shape index (κ1) is 33.5. The summed E-state index contributed by atoms with van der Waals surface area (Å²) in [5, 5.41) is 23.1. The van der Waals surface area contributed by atoms with E-state index in [9.17, 15) is 0 Å². The van der Waals surface area contributed by atoms with Gasteiger partial charge in [-0.25, -0.2) is 9.97 Å². The largest absolute Gasteiger partial charge is 0.457 e. The molecule has 0 aliphatic heterocycles. The van der Waals surface area contributed by atoms with Crippen LogP contribution < -0.4 is 15.4 Å². The maximum atomic E-state index is 8.42. The second-order valence-electron chi connectivity index (χ2n) is 13.7. The standard InChI is InChI=1S/C40H46N8O/c1-19(2)43-37(41)27-11-14-30-32(17-27)47-39(45-30)29-13-16-34(22(6)21(29)5)49-36-25(9)23(7)35(24(8)26(36)10)40-46-31-15-12-28(18-33(31)48-40)38(42)44-20(3)4/h11-20H,1-10H3,(H2,41,43)(H2,42,44)(H,45,47)(H,46,48). The molecular weight excluding hydrogens is 608 g/mol. The van der Waals surface area contributed by atoms with Crippen LogP contribution in [0.5, 0.6) is 11.5 Å². The summed E-state index contributed by atoms with van der Waals surface area (Å²) in [5.41, 5.74) is 13.7. The van der Waals surface area contributed by atoms with E-state index in [0.29, 0.717) is 11.7 Å². The molecule has 0 atom stereocenters. The van der Waals surface area contributed by atoms with E-state index in [4.69, 9.17) is 25.5 Å². The topological polar surface area (TPSA) is 138 Å². The lowest BCUT2D eigenvalue weighted by atomic mass is 9.92. The minimum Gasteiger partial charge on any atom is -0.457 e. The molecule has 2 heterocycles. The van der Waals surface area contributed by atoms with Crippen LogP contribution in [0.1, 0.15) is 72.2 Å². The molecule has 0 aliphatic carbocycles. The van der Waals surface area contributed by atoms with Crippen molar-refractivity contribution in [1.29, 1.82) is 10.8 Å². The zero-order chi connectivity index (χ0) is 35.3. The molecule has 49 heavy (non-hydrogen) atoms. The summed E-state index contributed by atoms with van der Waals surface area (Å²) in [6.45, 7) is 20.8. The van der Waals surface area contributed by atoms with Crippen molar-refractivity contribution in [1.82, 2.24) is 30.6 Å². The smallest absolute Gasteiger partial charge is 0.139 e.